The molecule has 172 valence electrons. The molecule has 2 rings (SSSR count). The Morgan fingerprint density at radius 3 is 2.41 bits per heavy atom. The molecule has 0 aromatic heterocycles. The van der Waals surface area contributed by atoms with Crippen LogP contribution in [0.1, 0.15) is 26.3 Å². The number of alkyl carbamates (subject to hydrolysis) is 1. The topological polar surface area (TPSA) is 106 Å². The number of benzene rings is 2. The summed E-state index contributed by atoms with van der Waals surface area (Å²) in [4.78, 5) is 35.7. The molecule has 0 saturated heterocycles. The Morgan fingerprint density at radius 1 is 0.969 bits per heavy atom. The molecule has 0 aliphatic heterocycles. The van der Waals surface area contributed by atoms with Crippen LogP contribution in [0.25, 0.3) is 0 Å². The molecule has 0 saturated carbocycles. The minimum atomic E-state index is -0.667. The van der Waals surface area contributed by atoms with Crippen LogP contribution < -0.4 is 20.7 Å². The molecule has 0 heterocycles. The fourth-order valence-electron chi connectivity index (χ4n) is 2.42. The monoisotopic (exact) mass is 481 g/mol. The van der Waals surface area contributed by atoms with Crippen LogP contribution in [0, 0.1) is 0 Å². The van der Waals surface area contributed by atoms with E-state index in [1.165, 1.54) is 6.07 Å². The highest BCUT2D eigenvalue weighted by Crippen LogP contribution is 2.27. The summed E-state index contributed by atoms with van der Waals surface area (Å²) in [6.45, 7) is 4.97. The third-order valence-corrected chi connectivity index (χ3v) is 4.28. The van der Waals surface area contributed by atoms with Gasteiger partial charge in [0.1, 0.15) is 17.9 Å². The van der Waals surface area contributed by atoms with Crippen molar-refractivity contribution in [1.82, 2.24) is 10.6 Å². The summed E-state index contributed by atoms with van der Waals surface area (Å²) in [6, 6.07) is 11.7. The Hall–Kier alpha value is -2.97. The predicted molar refractivity (Wildman–Crippen MR) is 123 cm³/mol. The number of ether oxygens (including phenoxy) is 2. The van der Waals surface area contributed by atoms with Crippen LogP contribution in [0.4, 0.5) is 10.5 Å². The lowest BCUT2D eigenvalue weighted by molar-refractivity contribution is -0.120. The summed E-state index contributed by atoms with van der Waals surface area (Å²) in [5.74, 6) is -0.403. The normalized spacial score (nSPS) is 10.8. The quantitative estimate of drug-likeness (QED) is 0.524. The largest absolute Gasteiger partial charge is 0.482 e. The third kappa shape index (κ3) is 9.45. The van der Waals surface area contributed by atoms with Gasteiger partial charge in [0.2, 0.25) is 5.91 Å². The van der Waals surface area contributed by atoms with E-state index in [4.69, 9.17) is 32.7 Å². The smallest absolute Gasteiger partial charge is 0.408 e. The molecule has 3 N–H and O–H groups in total. The zero-order valence-electron chi connectivity index (χ0n) is 18.0. The molecule has 32 heavy (non-hydrogen) atoms. The predicted octanol–water partition coefficient (Wildman–Crippen LogP) is 4.15. The molecule has 0 radical (unpaired) electrons. The number of rotatable bonds is 8. The van der Waals surface area contributed by atoms with Crippen molar-refractivity contribution in [3.63, 3.8) is 0 Å². The maximum Gasteiger partial charge on any atom is 0.408 e. The number of amides is 3. The molecule has 0 atom stereocenters. The average Bonchev–Trinajstić information content (AvgIpc) is 2.69. The van der Waals surface area contributed by atoms with E-state index >= 15 is 0 Å². The van der Waals surface area contributed by atoms with Crippen LogP contribution in [-0.2, 0) is 20.9 Å². The van der Waals surface area contributed by atoms with Gasteiger partial charge < -0.3 is 25.4 Å². The lowest BCUT2D eigenvalue weighted by Crippen LogP contribution is -2.39. The second-order valence-electron chi connectivity index (χ2n) is 7.74. The molecule has 0 fully saturated rings. The van der Waals surface area contributed by atoms with E-state index in [2.05, 4.69) is 16.0 Å². The van der Waals surface area contributed by atoms with E-state index in [1.54, 1.807) is 57.2 Å². The van der Waals surface area contributed by atoms with Crippen LogP contribution in [0.5, 0.6) is 5.75 Å². The van der Waals surface area contributed by atoms with Gasteiger partial charge in [0.05, 0.1) is 5.02 Å². The van der Waals surface area contributed by atoms with Gasteiger partial charge in [0, 0.05) is 17.3 Å². The Morgan fingerprint density at radius 2 is 1.72 bits per heavy atom. The van der Waals surface area contributed by atoms with Gasteiger partial charge in [0.15, 0.2) is 6.61 Å². The molecule has 2 aromatic carbocycles. The SMILES string of the molecule is CC(C)(C)OC(=O)NCC(=O)NCc1cccc(NC(=O)COc2ccc(Cl)cc2Cl)c1. The van der Waals surface area contributed by atoms with Gasteiger partial charge in [-0.1, -0.05) is 35.3 Å². The Labute approximate surface area is 196 Å². The van der Waals surface area contributed by atoms with Crippen molar-refractivity contribution in [2.75, 3.05) is 18.5 Å². The molecule has 3 amide bonds. The van der Waals surface area contributed by atoms with E-state index in [9.17, 15) is 14.4 Å². The summed E-state index contributed by atoms with van der Waals surface area (Å²) in [6.07, 6.45) is -0.667. The van der Waals surface area contributed by atoms with E-state index < -0.39 is 11.7 Å². The lowest BCUT2D eigenvalue weighted by Gasteiger charge is -2.19. The minimum Gasteiger partial charge on any atom is -0.482 e. The highest BCUT2D eigenvalue weighted by Gasteiger charge is 2.16. The van der Waals surface area contributed by atoms with Gasteiger partial charge in [-0.15, -0.1) is 0 Å². The molecule has 8 nitrogen and oxygen atoms in total. The fourth-order valence-corrected chi connectivity index (χ4v) is 2.88. The van der Waals surface area contributed by atoms with Crippen molar-refractivity contribution in [3.05, 3.63) is 58.1 Å². The van der Waals surface area contributed by atoms with Crippen LogP contribution in [0.15, 0.2) is 42.5 Å². The van der Waals surface area contributed by atoms with Crippen LogP contribution in [0.3, 0.4) is 0 Å². The van der Waals surface area contributed by atoms with E-state index in [-0.39, 0.29) is 31.5 Å². The number of nitrogens with one attached hydrogen (secondary N) is 3. The number of hydrogen-bond donors (Lipinski definition) is 3. The first kappa shape index (κ1) is 25.3. The van der Waals surface area contributed by atoms with E-state index in [0.717, 1.165) is 5.56 Å². The molecule has 0 aliphatic rings. The summed E-state index contributed by atoms with van der Waals surface area (Å²) in [7, 11) is 0. The molecule has 10 heteroatoms. The Kier molecular flexibility index (Phi) is 9.16. The first-order chi connectivity index (χ1) is 15.0. The standard InChI is InChI=1S/C22H25Cl2N3O5/c1-22(2,3)32-21(30)26-12-19(28)25-11-14-5-4-6-16(9-14)27-20(29)13-31-18-8-7-15(23)10-17(18)24/h4-10H,11-13H2,1-3H3,(H,25,28)(H,26,30)(H,27,29). The van der Waals surface area contributed by atoms with Crippen molar-refractivity contribution < 1.29 is 23.9 Å². The summed E-state index contributed by atoms with van der Waals surface area (Å²) in [5, 5.41) is 8.56. The number of carbonyl (C=O) groups excluding carboxylic acids is 3. The highest BCUT2D eigenvalue weighted by molar-refractivity contribution is 6.35. The van der Waals surface area contributed by atoms with Crippen molar-refractivity contribution in [1.29, 1.82) is 0 Å². The Balaban J connectivity index is 1.78. The second-order valence-corrected chi connectivity index (χ2v) is 8.59. The zero-order chi connectivity index (χ0) is 23.7. The lowest BCUT2D eigenvalue weighted by atomic mass is 10.2. The molecule has 0 spiro atoms. The first-order valence-corrected chi connectivity index (χ1v) is 10.5. The van der Waals surface area contributed by atoms with Gasteiger partial charge >= 0.3 is 6.09 Å². The molecular weight excluding hydrogens is 457 g/mol. The third-order valence-electron chi connectivity index (χ3n) is 3.75. The fraction of sp³-hybridized carbons (Fsp3) is 0.318. The first-order valence-electron chi connectivity index (χ1n) is 9.72. The van der Waals surface area contributed by atoms with E-state index in [1.807, 2.05) is 0 Å². The van der Waals surface area contributed by atoms with Crippen molar-refractivity contribution >= 4 is 46.8 Å². The zero-order valence-corrected chi connectivity index (χ0v) is 19.5. The second kappa shape index (κ2) is 11.6. The minimum absolute atomic E-state index is 0.212. The van der Waals surface area contributed by atoms with Crippen LogP contribution in [-0.4, -0.2) is 36.7 Å². The van der Waals surface area contributed by atoms with Crippen LogP contribution >= 0.6 is 23.2 Å². The van der Waals surface area contributed by atoms with Gasteiger partial charge in [-0.2, -0.15) is 0 Å². The molecular formula is C22H25Cl2N3O5. The van der Waals surface area contributed by atoms with Crippen molar-refractivity contribution in [3.8, 4) is 5.75 Å². The summed E-state index contributed by atoms with van der Waals surface area (Å²) >= 11 is 11.8. The number of halogens is 2. The average molecular weight is 482 g/mol. The van der Waals surface area contributed by atoms with Gasteiger partial charge in [-0.25, -0.2) is 4.79 Å². The van der Waals surface area contributed by atoms with Gasteiger partial charge in [-0.05, 0) is 56.7 Å². The number of hydrogen-bond acceptors (Lipinski definition) is 5. The van der Waals surface area contributed by atoms with E-state index in [0.29, 0.717) is 21.5 Å². The number of carbonyl (C=O) groups is 3. The summed E-state index contributed by atoms with van der Waals surface area (Å²) in [5.41, 5.74) is 0.659. The highest BCUT2D eigenvalue weighted by atomic mass is 35.5. The maximum absolute atomic E-state index is 12.2. The van der Waals surface area contributed by atoms with Gasteiger partial charge in [-0.3, -0.25) is 9.59 Å². The Bertz CT molecular complexity index is 976. The van der Waals surface area contributed by atoms with Crippen molar-refractivity contribution in [2.24, 2.45) is 0 Å². The van der Waals surface area contributed by atoms with Crippen molar-refractivity contribution in [2.45, 2.75) is 32.9 Å². The molecule has 2 aromatic rings. The molecule has 0 unspecified atom stereocenters. The molecule has 0 bridgehead atoms. The number of anilines is 1. The maximum atomic E-state index is 12.2. The van der Waals surface area contributed by atoms with Crippen LogP contribution in [0.2, 0.25) is 10.0 Å². The molecule has 0 aliphatic carbocycles. The van der Waals surface area contributed by atoms with Gasteiger partial charge in [0.25, 0.3) is 5.91 Å². The summed E-state index contributed by atoms with van der Waals surface area (Å²) < 4.78 is 10.5.